The summed E-state index contributed by atoms with van der Waals surface area (Å²) in [5, 5.41) is 7.46. The zero-order chi connectivity index (χ0) is 18.5. The summed E-state index contributed by atoms with van der Waals surface area (Å²) in [6, 6.07) is 7.64. The number of anilines is 1. The van der Waals surface area contributed by atoms with Gasteiger partial charge in [-0.2, -0.15) is 10.1 Å². The first-order chi connectivity index (χ1) is 12.6. The first-order valence-corrected chi connectivity index (χ1v) is 9.22. The number of hydrogen-bond acceptors (Lipinski definition) is 5. The highest BCUT2D eigenvalue weighted by molar-refractivity contribution is 5.96. The number of carbonyl (C=O) groups excluding carboxylic acids is 1. The molecule has 2 heterocycles. The van der Waals surface area contributed by atoms with Gasteiger partial charge in [-0.3, -0.25) is 4.79 Å². The van der Waals surface area contributed by atoms with Crippen LogP contribution >= 0.6 is 0 Å². The Kier molecular flexibility index (Phi) is 5.71. The highest BCUT2D eigenvalue weighted by Crippen LogP contribution is 2.35. The molecule has 2 aromatic rings. The number of fused-ring (bicyclic) bond motifs is 1. The summed E-state index contributed by atoms with van der Waals surface area (Å²) >= 11 is 0. The third-order valence-electron chi connectivity index (χ3n) is 4.64. The van der Waals surface area contributed by atoms with Crippen LogP contribution < -0.4 is 10.1 Å². The number of rotatable bonds is 8. The monoisotopic (exact) mass is 354 g/mol. The van der Waals surface area contributed by atoms with E-state index in [4.69, 9.17) is 4.74 Å². The van der Waals surface area contributed by atoms with Gasteiger partial charge in [0.15, 0.2) is 5.78 Å². The Labute approximate surface area is 154 Å². The van der Waals surface area contributed by atoms with Gasteiger partial charge in [-0.1, -0.05) is 38.3 Å². The summed E-state index contributed by atoms with van der Waals surface area (Å²) in [7, 11) is 0. The van der Waals surface area contributed by atoms with Crippen LogP contribution in [0.3, 0.4) is 0 Å². The molecule has 0 spiro atoms. The Morgan fingerprint density at radius 2 is 2.00 bits per heavy atom. The van der Waals surface area contributed by atoms with E-state index >= 15 is 0 Å². The van der Waals surface area contributed by atoms with Gasteiger partial charge >= 0.3 is 0 Å². The molecule has 6 heteroatoms. The molecular formula is C20H26N4O2. The molecule has 6 nitrogen and oxygen atoms in total. The Hall–Kier alpha value is -2.63. The number of benzene rings is 1. The lowest BCUT2D eigenvalue weighted by Gasteiger charge is -2.28. The molecule has 0 aliphatic carbocycles. The van der Waals surface area contributed by atoms with Crippen LogP contribution in [0, 0.1) is 0 Å². The van der Waals surface area contributed by atoms with Crippen molar-refractivity contribution in [3.63, 3.8) is 0 Å². The van der Waals surface area contributed by atoms with Crippen molar-refractivity contribution in [1.29, 1.82) is 0 Å². The number of carbonyl (C=O) groups is 1. The molecule has 1 N–H and O–H groups in total. The van der Waals surface area contributed by atoms with E-state index in [0.717, 1.165) is 30.0 Å². The van der Waals surface area contributed by atoms with Crippen LogP contribution in [0.1, 0.15) is 58.1 Å². The molecule has 0 radical (unpaired) electrons. The van der Waals surface area contributed by atoms with Crippen LogP contribution in [0.5, 0.6) is 5.75 Å². The fourth-order valence-electron chi connectivity index (χ4n) is 3.32. The molecule has 0 saturated carbocycles. The molecule has 0 saturated heterocycles. The maximum Gasteiger partial charge on any atom is 0.226 e. The average Bonchev–Trinajstić information content (AvgIpc) is 3.08. The van der Waals surface area contributed by atoms with Crippen molar-refractivity contribution < 1.29 is 9.53 Å². The van der Waals surface area contributed by atoms with Crippen molar-refractivity contribution in [2.45, 2.75) is 52.5 Å². The van der Waals surface area contributed by atoms with E-state index in [2.05, 4.69) is 22.3 Å². The lowest BCUT2D eigenvalue weighted by atomic mass is 9.93. The van der Waals surface area contributed by atoms with Crippen molar-refractivity contribution in [2.24, 2.45) is 0 Å². The molecule has 1 atom stereocenters. The zero-order valence-corrected chi connectivity index (χ0v) is 15.7. The number of ether oxygens (including phenoxy) is 1. The molecule has 1 aliphatic rings. The van der Waals surface area contributed by atoms with Crippen molar-refractivity contribution in [2.75, 3.05) is 11.9 Å². The predicted octanol–water partition coefficient (Wildman–Crippen LogP) is 4.12. The van der Waals surface area contributed by atoms with Crippen molar-refractivity contribution in [3.05, 3.63) is 47.4 Å². The summed E-state index contributed by atoms with van der Waals surface area (Å²) in [5.41, 5.74) is 2.51. The van der Waals surface area contributed by atoms with Crippen molar-refractivity contribution in [3.8, 4) is 5.75 Å². The number of hydrogen-bond donors (Lipinski definition) is 1. The van der Waals surface area contributed by atoms with Gasteiger partial charge in [0.2, 0.25) is 5.95 Å². The molecule has 3 rings (SSSR count). The number of ketones is 1. The number of allylic oxidation sites excluding steroid dienone is 2. The minimum absolute atomic E-state index is 0.0254. The van der Waals surface area contributed by atoms with Gasteiger partial charge in [-0.25, -0.2) is 4.68 Å². The van der Waals surface area contributed by atoms with E-state index in [-0.39, 0.29) is 11.8 Å². The number of nitrogens with one attached hydrogen (secondary N) is 1. The molecule has 0 fully saturated rings. The summed E-state index contributed by atoms with van der Waals surface area (Å²) < 4.78 is 7.57. The number of unbranched alkanes of at least 4 members (excludes halogenated alkanes) is 3. The smallest absolute Gasteiger partial charge is 0.226 e. The normalized spacial score (nSPS) is 16.2. The third-order valence-corrected chi connectivity index (χ3v) is 4.64. The van der Waals surface area contributed by atoms with Gasteiger partial charge < -0.3 is 10.1 Å². The summed E-state index contributed by atoms with van der Waals surface area (Å²) in [6.07, 6.45) is 6.24. The van der Waals surface area contributed by atoms with E-state index in [1.54, 1.807) is 11.6 Å². The van der Waals surface area contributed by atoms with Gasteiger partial charge in [-0.05, 0) is 38.0 Å². The topological polar surface area (TPSA) is 69.0 Å². The maximum absolute atomic E-state index is 12.2. The second-order valence-corrected chi connectivity index (χ2v) is 6.63. The van der Waals surface area contributed by atoms with Gasteiger partial charge in [0.05, 0.1) is 6.61 Å². The van der Waals surface area contributed by atoms with Crippen LogP contribution in [-0.2, 0) is 4.79 Å². The molecule has 1 aromatic heterocycles. The van der Waals surface area contributed by atoms with E-state index in [1.165, 1.54) is 25.6 Å². The highest BCUT2D eigenvalue weighted by atomic mass is 16.5. The van der Waals surface area contributed by atoms with Crippen LogP contribution in [0.25, 0.3) is 0 Å². The molecular weight excluding hydrogens is 328 g/mol. The van der Waals surface area contributed by atoms with Gasteiger partial charge in [0.25, 0.3) is 0 Å². The first-order valence-electron chi connectivity index (χ1n) is 9.22. The Balaban J connectivity index is 1.78. The molecule has 26 heavy (non-hydrogen) atoms. The predicted molar refractivity (Wildman–Crippen MR) is 101 cm³/mol. The van der Waals surface area contributed by atoms with Crippen molar-refractivity contribution in [1.82, 2.24) is 14.8 Å². The zero-order valence-electron chi connectivity index (χ0n) is 15.7. The van der Waals surface area contributed by atoms with Crippen LogP contribution in [0.2, 0.25) is 0 Å². The van der Waals surface area contributed by atoms with E-state index in [1.807, 2.05) is 31.2 Å². The minimum Gasteiger partial charge on any atom is -0.494 e. The third kappa shape index (κ3) is 3.79. The molecule has 1 aromatic carbocycles. The van der Waals surface area contributed by atoms with Gasteiger partial charge in [-0.15, -0.1) is 0 Å². The first kappa shape index (κ1) is 18.2. The summed E-state index contributed by atoms with van der Waals surface area (Å²) in [6.45, 7) is 6.42. The van der Waals surface area contributed by atoms with Gasteiger partial charge in [0, 0.05) is 11.3 Å². The lowest BCUT2D eigenvalue weighted by Crippen LogP contribution is -2.27. The molecule has 0 unspecified atom stereocenters. The van der Waals surface area contributed by atoms with Gasteiger partial charge in [0.1, 0.15) is 18.1 Å². The second kappa shape index (κ2) is 8.17. The molecule has 0 amide bonds. The fraction of sp³-hybridized carbons (Fsp3) is 0.450. The van der Waals surface area contributed by atoms with Crippen LogP contribution in [0.15, 0.2) is 41.9 Å². The van der Waals surface area contributed by atoms with Crippen LogP contribution in [-0.4, -0.2) is 27.2 Å². The number of aromatic nitrogens is 3. The second-order valence-electron chi connectivity index (χ2n) is 6.63. The Morgan fingerprint density at radius 3 is 2.69 bits per heavy atom. The lowest BCUT2D eigenvalue weighted by molar-refractivity contribution is -0.114. The Bertz CT molecular complexity index is 792. The number of nitrogens with zero attached hydrogens (tertiary/aromatic N) is 3. The molecule has 0 bridgehead atoms. The fourth-order valence-corrected chi connectivity index (χ4v) is 3.32. The molecule has 1 aliphatic heterocycles. The summed E-state index contributed by atoms with van der Waals surface area (Å²) in [4.78, 5) is 16.5. The molecule has 138 valence electrons. The average molecular weight is 354 g/mol. The van der Waals surface area contributed by atoms with Crippen LogP contribution in [0.4, 0.5) is 5.95 Å². The largest absolute Gasteiger partial charge is 0.494 e. The van der Waals surface area contributed by atoms with E-state index < -0.39 is 0 Å². The highest BCUT2D eigenvalue weighted by Gasteiger charge is 2.31. The van der Waals surface area contributed by atoms with E-state index in [0.29, 0.717) is 11.5 Å². The Morgan fingerprint density at radius 1 is 1.23 bits per heavy atom. The number of Topliss-reactive ketones (excluding diaryl/α,β-unsaturated/α-hetero) is 1. The standard InChI is InChI=1S/C20H26N4O2/c1-4-5-6-7-12-26-17-10-8-16(9-11-17)19-18(15(3)25)14(2)23-20-21-13-22-24(19)20/h8-11,13,19H,4-7,12H2,1-3H3,(H,21,22,23)/t19-/m1/s1. The SMILES string of the molecule is CCCCCCOc1ccc([C@@H]2C(C(C)=O)=C(C)Nc3ncnn32)cc1. The van der Waals surface area contributed by atoms with E-state index in [9.17, 15) is 4.79 Å². The maximum atomic E-state index is 12.2. The quantitative estimate of drug-likeness (QED) is 0.722. The summed E-state index contributed by atoms with van der Waals surface area (Å²) in [5.74, 6) is 1.52. The minimum atomic E-state index is -0.273. The van der Waals surface area contributed by atoms with Crippen molar-refractivity contribution >= 4 is 11.7 Å².